The van der Waals surface area contributed by atoms with E-state index < -0.39 is 2.63 Å². The van der Waals surface area contributed by atoms with Crippen LogP contribution in [0.3, 0.4) is 0 Å². The molecule has 0 aliphatic carbocycles. The van der Waals surface area contributed by atoms with Crippen LogP contribution in [0.2, 0.25) is 0 Å². The molecule has 0 nitrogen and oxygen atoms in total. The maximum atomic E-state index is 3.28. The van der Waals surface area contributed by atoms with E-state index in [1.54, 1.807) is 0 Å². The molecule has 0 rings (SSSR count). The normalized spacial score (nSPS) is 19.2. The van der Waals surface area contributed by atoms with Gasteiger partial charge in [-0.05, 0) is 0 Å². The first-order chi connectivity index (χ1) is 2.24. The van der Waals surface area contributed by atoms with Crippen molar-refractivity contribution in [3.8, 4) is 0 Å². The van der Waals surface area contributed by atoms with Crippen LogP contribution in [0.5, 0.6) is 0 Å². The zero-order chi connectivity index (χ0) is 5.45. The van der Waals surface area contributed by atoms with E-state index in [4.69, 9.17) is 0 Å². The first kappa shape index (κ1) is 8.91. The molecule has 0 bridgehead atoms. The Hall–Kier alpha value is 2.91. The molecule has 0 aliphatic heterocycles. The zero-order valence-corrected chi connectivity index (χ0v) is 11.2. The van der Waals surface area contributed by atoms with E-state index >= 15 is 0 Å². The third-order valence-electron chi connectivity index (χ3n) is 0. The molecule has 0 radical (unpaired) electrons. The Morgan fingerprint density at radius 1 is 0.667 bits per heavy atom. The summed E-state index contributed by atoms with van der Waals surface area (Å²) in [5, 5.41) is 0. The third kappa shape index (κ3) is 28.5. The Kier molecular flexibility index (Phi) is 3.36. The molecule has 0 aliphatic rings. The molecule has 0 saturated carbocycles. The monoisotopic (exact) mass is 454 g/mol. The minimum absolute atomic E-state index is 1.98. The van der Waals surface area contributed by atoms with Crippen LogP contribution < -0.4 is 0 Å². The first-order valence-electron chi connectivity index (χ1n) is 0.630. The molecular formula is Br5Co. The van der Waals surface area contributed by atoms with Gasteiger partial charge in [0, 0.05) is 0 Å². The molecule has 0 saturated heterocycles. The van der Waals surface area contributed by atoms with Crippen molar-refractivity contribution in [3.63, 3.8) is 0 Å². The van der Waals surface area contributed by atoms with Crippen LogP contribution in [-0.4, -0.2) is 0 Å². The van der Waals surface area contributed by atoms with Crippen molar-refractivity contribution >= 4 is 70.8 Å². The van der Waals surface area contributed by atoms with Gasteiger partial charge >= 0.3 is 73.5 Å². The summed E-state index contributed by atoms with van der Waals surface area (Å²) >= 11 is 16.4. The third-order valence-corrected chi connectivity index (χ3v) is 0. The molecule has 0 fully saturated rings. The second-order valence-electron chi connectivity index (χ2n) is 0.476. The van der Waals surface area contributed by atoms with Gasteiger partial charge in [0.25, 0.3) is 0 Å². The van der Waals surface area contributed by atoms with E-state index in [-0.39, 0.29) is 0 Å². The van der Waals surface area contributed by atoms with E-state index in [1.165, 1.54) is 0 Å². The number of hydrogen-bond donors (Lipinski definition) is 0. The Morgan fingerprint density at radius 2 is 0.667 bits per heavy atom. The van der Waals surface area contributed by atoms with Crippen molar-refractivity contribution < 1.29 is 2.63 Å². The van der Waals surface area contributed by atoms with Gasteiger partial charge in [0.05, 0.1) is 0 Å². The van der Waals surface area contributed by atoms with Gasteiger partial charge in [-0.25, -0.2) is 0 Å². The van der Waals surface area contributed by atoms with Crippen LogP contribution in [0.1, 0.15) is 0 Å². The number of hydrogen-bond acceptors (Lipinski definition) is 0. The Bertz CT molecular complexity index is 37.1. The molecule has 44 valence electrons. The average molecular weight is 458 g/mol. The zero-order valence-electron chi connectivity index (χ0n) is 2.22. The summed E-state index contributed by atoms with van der Waals surface area (Å²) in [5.41, 5.74) is 0. The predicted octanol–water partition coefficient (Wildman–Crippen LogP) is 4.23. The second-order valence-corrected chi connectivity index (χ2v) is 53.0. The van der Waals surface area contributed by atoms with E-state index in [9.17, 15) is 0 Å². The van der Waals surface area contributed by atoms with Gasteiger partial charge in [-0.3, -0.25) is 0 Å². The topological polar surface area (TPSA) is 0 Å². The van der Waals surface area contributed by atoms with E-state index in [0.29, 0.717) is 0 Å². The molecule has 0 heterocycles. The Morgan fingerprint density at radius 3 is 0.667 bits per heavy atom. The van der Waals surface area contributed by atoms with Crippen molar-refractivity contribution in [2.45, 2.75) is 0 Å². The summed E-state index contributed by atoms with van der Waals surface area (Å²) in [4.78, 5) is 0. The summed E-state index contributed by atoms with van der Waals surface area (Å²) in [6.45, 7) is 0. The van der Waals surface area contributed by atoms with Crippen LogP contribution in [-0.2, 0) is 2.63 Å². The number of halogens is 5. The van der Waals surface area contributed by atoms with Gasteiger partial charge in [-0.2, -0.15) is 0 Å². The standard InChI is InChI=1S/5BrH.Co/h5*1H;/q;;;;;+5/p-5. The van der Waals surface area contributed by atoms with Crippen LogP contribution in [0.4, 0.5) is 0 Å². The molecule has 0 unspecified atom stereocenters. The molecule has 0 aromatic carbocycles. The van der Waals surface area contributed by atoms with Gasteiger partial charge < -0.3 is 0 Å². The molecule has 0 aromatic heterocycles. The molecule has 6 heavy (non-hydrogen) atoms. The van der Waals surface area contributed by atoms with Gasteiger partial charge in [0.2, 0.25) is 0 Å². The number of rotatable bonds is 0. The molecule has 0 spiro atoms. The summed E-state index contributed by atoms with van der Waals surface area (Å²) in [7, 11) is 0. The minimum atomic E-state index is -1.98. The van der Waals surface area contributed by atoms with Crippen molar-refractivity contribution in [3.05, 3.63) is 0 Å². The Balaban J connectivity index is 3.73. The average Bonchev–Trinajstić information content (AvgIpc) is 0.650. The van der Waals surface area contributed by atoms with Gasteiger partial charge in [0.15, 0.2) is 0 Å². The van der Waals surface area contributed by atoms with Gasteiger partial charge in [-0.1, -0.05) is 0 Å². The molecule has 0 N–H and O–H groups in total. The van der Waals surface area contributed by atoms with Crippen molar-refractivity contribution in [1.29, 1.82) is 0 Å². The fourth-order valence-electron chi connectivity index (χ4n) is 0. The van der Waals surface area contributed by atoms with Crippen LogP contribution in [0, 0.1) is 0 Å². The van der Waals surface area contributed by atoms with Crippen molar-refractivity contribution in [2.24, 2.45) is 0 Å². The first-order valence-corrected chi connectivity index (χ1v) is 13.5. The molecular weight excluding hydrogens is 458 g/mol. The van der Waals surface area contributed by atoms with E-state index in [1.807, 2.05) is 0 Å². The molecule has 0 aromatic rings. The van der Waals surface area contributed by atoms with Gasteiger partial charge in [0.1, 0.15) is 0 Å². The Labute approximate surface area is 72.0 Å². The maximum absolute atomic E-state index is 3.28. The predicted molar refractivity (Wildman–Crippen MR) is 44.6 cm³/mol. The summed E-state index contributed by atoms with van der Waals surface area (Å²) < 4.78 is -1.98. The molecule has 6 heteroatoms. The quantitative estimate of drug-likeness (QED) is 0.510. The van der Waals surface area contributed by atoms with Crippen LogP contribution >= 0.6 is 70.8 Å². The molecule has 0 amide bonds. The summed E-state index contributed by atoms with van der Waals surface area (Å²) in [6, 6.07) is 0. The summed E-state index contributed by atoms with van der Waals surface area (Å²) in [5.74, 6) is 0. The van der Waals surface area contributed by atoms with Crippen molar-refractivity contribution in [1.82, 2.24) is 0 Å². The van der Waals surface area contributed by atoms with Crippen LogP contribution in [0.25, 0.3) is 0 Å². The second kappa shape index (κ2) is 2.26. The fourth-order valence-corrected chi connectivity index (χ4v) is 0. The van der Waals surface area contributed by atoms with Crippen LogP contribution in [0.15, 0.2) is 0 Å². The summed E-state index contributed by atoms with van der Waals surface area (Å²) in [6.07, 6.45) is 0. The van der Waals surface area contributed by atoms with Crippen molar-refractivity contribution in [2.75, 3.05) is 0 Å². The van der Waals surface area contributed by atoms with Gasteiger partial charge in [-0.15, -0.1) is 0 Å². The molecule has 0 atom stereocenters. The fraction of sp³-hybridized carbons (Fsp3) is 0. The van der Waals surface area contributed by atoms with E-state index in [2.05, 4.69) is 70.8 Å². The SMILES string of the molecule is [Br][Co]([Br])([Br])([Br])[Br]. The van der Waals surface area contributed by atoms with E-state index in [0.717, 1.165) is 0 Å².